The molecule has 2 aromatic heterocycles. The number of rotatable bonds is 4. The number of furan rings is 1. The number of benzene rings is 1. The first-order valence-corrected chi connectivity index (χ1v) is 6.52. The molecule has 0 radical (unpaired) electrons. The number of hydrogen-bond donors (Lipinski definition) is 1. The molecule has 0 unspecified atom stereocenters. The minimum absolute atomic E-state index is 0.247. The highest BCUT2D eigenvalue weighted by Crippen LogP contribution is 2.28. The van der Waals surface area contributed by atoms with Gasteiger partial charge in [-0.15, -0.1) is 0 Å². The Morgan fingerprint density at radius 1 is 1.30 bits per heavy atom. The van der Waals surface area contributed by atoms with Crippen LogP contribution in [-0.4, -0.2) is 16.5 Å². The smallest absolute Gasteiger partial charge is 0.170 e. The van der Waals surface area contributed by atoms with Crippen molar-refractivity contribution >= 4 is 16.8 Å². The third-order valence-corrected chi connectivity index (χ3v) is 2.94. The Hall–Kier alpha value is -2.43. The molecule has 3 aromatic rings. The number of nitrogens with zero attached hydrogens (tertiary/aromatic N) is 2. The van der Waals surface area contributed by atoms with Crippen molar-refractivity contribution in [1.82, 2.24) is 9.97 Å². The van der Waals surface area contributed by atoms with Gasteiger partial charge in [-0.25, -0.2) is 9.37 Å². The number of para-hydroxylation sites is 1. The van der Waals surface area contributed by atoms with Gasteiger partial charge in [0, 0.05) is 11.9 Å². The number of aromatic nitrogens is 2. The molecule has 4 nitrogen and oxygen atoms in total. The highest BCUT2D eigenvalue weighted by molar-refractivity contribution is 5.82. The highest BCUT2D eigenvalue weighted by Gasteiger charge is 2.11. The Morgan fingerprint density at radius 2 is 2.20 bits per heavy atom. The van der Waals surface area contributed by atoms with Gasteiger partial charge in [-0.05, 0) is 18.6 Å². The summed E-state index contributed by atoms with van der Waals surface area (Å²) in [4.78, 5) is 8.54. The molecular weight excluding hydrogens is 257 g/mol. The van der Waals surface area contributed by atoms with E-state index in [0.717, 1.165) is 13.0 Å². The summed E-state index contributed by atoms with van der Waals surface area (Å²) in [5.41, 5.74) is 0.831. The van der Waals surface area contributed by atoms with E-state index >= 15 is 0 Å². The topological polar surface area (TPSA) is 51.0 Å². The van der Waals surface area contributed by atoms with Gasteiger partial charge in [0.25, 0.3) is 0 Å². The molecule has 3 rings (SSSR count). The van der Waals surface area contributed by atoms with E-state index < -0.39 is 0 Å². The van der Waals surface area contributed by atoms with Crippen molar-refractivity contribution in [3.63, 3.8) is 0 Å². The van der Waals surface area contributed by atoms with Crippen molar-refractivity contribution in [1.29, 1.82) is 0 Å². The number of fused-ring (bicyclic) bond motifs is 1. The van der Waals surface area contributed by atoms with Gasteiger partial charge < -0.3 is 9.73 Å². The molecule has 2 heterocycles. The van der Waals surface area contributed by atoms with Crippen LogP contribution in [0.25, 0.3) is 22.4 Å². The average molecular weight is 271 g/mol. The van der Waals surface area contributed by atoms with Crippen molar-refractivity contribution < 1.29 is 8.81 Å². The maximum atomic E-state index is 13.6. The Morgan fingerprint density at radius 3 is 3.00 bits per heavy atom. The third-order valence-electron chi connectivity index (χ3n) is 2.94. The van der Waals surface area contributed by atoms with Gasteiger partial charge in [0.1, 0.15) is 11.5 Å². The fourth-order valence-electron chi connectivity index (χ4n) is 1.98. The van der Waals surface area contributed by atoms with Gasteiger partial charge in [0.15, 0.2) is 17.2 Å². The summed E-state index contributed by atoms with van der Waals surface area (Å²) in [6.07, 6.45) is 4.26. The molecule has 0 spiro atoms. The maximum Gasteiger partial charge on any atom is 0.170 e. The molecule has 102 valence electrons. The molecular formula is C15H14FN3O. The van der Waals surface area contributed by atoms with E-state index in [-0.39, 0.29) is 11.4 Å². The second-order valence-electron chi connectivity index (χ2n) is 4.49. The van der Waals surface area contributed by atoms with Crippen LogP contribution < -0.4 is 5.32 Å². The summed E-state index contributed by atoms with van der Waals surface area (Å²) in [5, 5.41) is 3.88. The lowest BCUT2D eigenvalue weighted by Gasteiger charge is -2.03. The standard InChI is InChI=1S/C15H14FN3O/c1-2-6-18-14-9-17-8-12(19-14)13-7-10-4-3-5-11(16)15(10)20-13/h3-5,7-9H,2,6H2,1H3,(H,18,19). The van der Waals surface area contributed by atoms with Crippen LogP contribution in [0.2, 0.25) is 0 Å². The first kappa shape index (κ1) is 12.6. The van der Waals surface area contributed by atoms with E-state index in [1.165, 1.54) is 6.07 Å². The predicted molar refractivity (Wildman–Crippen MR) is 76.0 cm³/mol. The van der Waals surface area contributed by atoms with Crippen molar-refractivity contribution in [2.45, 2.75) is 13.3 Å². The van der Waals surface area contributed by atoms with Crippen LogP contribution in [0.4, 0.5) is 10.2 Å². The van der Waals surface area contributed by atoms with Crippen LogP contribution >= 0.6 is 0 Å². The molecule has 0 fully saturated rings. The van der Waals surface area contributed by atoms with Crippen molar-refractivity contribution in [3.05, 3.63) is 42.5 Å². The SMILES string of the molecule is CCCNc1cncc(-c2cc3cccc(F)c3o2)n1. The van der Waals surface area contributed by atoms with Crippen LogP contribution in [-0.2, 0) is 0 Å². The Labute approximate surface area is 115 Å². The summed E-state index contributed by atoms with van der Waals surface area (Å²) < 4.78 is 19.2. The summed E-state index contributed by atoms with van der Waals surface area (Å²) in [6, 6.07) is 6.60. The van der Waals surface area contributed by atoms with Crippen LogP contribution in [0.1, 0.15) is 13.3 Å². The van der Waals surface area contributed by atoms with E-state index in [1.807, 2.05) is 0 Å². The zero-order valence-electron chi connectivity index (χ0n) is 11.1. The third kappa shape index (κ3) is 2.34. The molecule has 0 saturated carbocycles. The first-order valence-electron chi connectivity index (χ1n) is 6.52. The quantitative estimate of drug-likeness (QED) is 0.783. The van der Waals surface area contributed by atoms with E-state index in [1.54, 1.807) is 30.6 Å². The van der Waals surface area contributed by atoms with Crippen LogP contribution in [0.3, 0.4) is 0 Å². The van der Waals surface area contributed by atoms with Crippen LogP contribution in [0, 0.1) is 5.82 Å². The minimum Gasteiger partial charge on any atom is -0.451 e. The number of nitrogens with one attached hydrogen (secondary N) is 1. The number of anilines is 1. The van der Waals surface area contributed by atoms with E-state index in [2.05, 4.69) is 22.2 Å². The van der Waals surface area contributed by atoms with E-state index in [4.69, 9.17) is 4.42 Å². The largest absolute Gasteiger partial charge is 0.451 e. The van der Waals surface area contributed by atoms with Crippen molar-refractivity contribution in [3.8, 4) is 11.5 Å². The normalized spacial score (nSPS) is 10.9. The van der Waals surface area contributed by atoms with Gasteiger partial charge >= 0.3 is 0 Å². The summed E-state index contributed by atoms with van der Waals surface area (Å²) in [5.74, 6) is 0.824. The zero-order chi connectivity index (χ0) is 13.9. The average Bonchev–Trinajstić information content (AvgIpc) is 2.91. The summed E-state index contributed by atoms with van der Waals surface area (Å²) in [7, 11) is 0. The molecule has 1 N–H and O–H groups in total. The Kier molecular flexibility index (Phi) is 3.33. The van der Waals surface area contributed by atoms with Crippen LogP contribution in [0.15, 0.2) is 41.1 Å². The van der Waals surface area contributed by atoms with Crippen molar-refractivity contribution in [2.24, 2.45) is 0 Å². The Balaban J connectivity index is 2.00. The second kappa shape index (κ2) is 5.28. The minimum atomic E-state index is -0.373. The molecule has 1 aromatic carbocycles. The second-order valence-corrected chi connectivity index (χ2v) is 4.49. The molecule has 20 heavy (non-hydrogen) atoms. The van der Waals surface area contributed by atoms with E-state index in [0.29, 0.717) is 22.7 Å². The monoisotopic (exact) mass is 271 g/mol. The number of hydrogen-bond acceptors (Lipinski definition) is 4. The van der Waals surface area contributed by atoms with Crippen LogP contribution in [0.5, 0.6) is 0 Å². The molecule has 0 amide bonds. The molecule has 0 atom stereocenters. The number of halogens is 1. The van der Waals surface area contributed by atoms with Gasteiger partial charge in [0.2, 0.25) is 0 Å². The summed E-state index contributed by atoms with van der Waals surface area (Å²) in [6.45, 7) is 2.90. The molecule has 0 bridgehead atoms. The van der Waals surface area contributed by atoms with Gasteiger partial charge in [0.05, 0.1) is 12.4 Å². The zero-order valence-corrected chi connectivity index (χ0v) is 11.1. The summed E-state index contributed by atoms with van der Waals surface area (Å²) >= 11 is 0. The van der Waals surface area contributed by atoms with Crippen molar-refractivity contribution in [2.75, 3.05) is 11.9 Å². The van der Waals surface area contributed by atoms with Gasteiger partial charge in [-0.1, -0.05) is 19.1 Å². The Bertz CT molecular complexity index is 739. The van der Waals surface area contributed by atoms with E-state index in [9.17, 15) is 4.39 Å². The van der Waals surface area contributed by atoms with Gasteiger partial charge in [-0.3, -0.25) is 4.98 Å². The highest BCUT2D eigenvalue weighted by atomic mass is 19.1. The molecule has 0 saturated heterocycles. The fourth-order valence-corrected chi connectivity index (χ4v) is 1.98. The lowest BCUT2D eigenvalue weighted by molar-refractivity contribution is 0.567. The fraction of sp³-hybridized carbons (Fsp3) is 0.200. The maximum absolute atomic E-state index is 13.6. The van der Waals surface area contributed by atoms with Gasteiger partial charge in [-0.2, -0.15) is 0 Å². The molecule has 0 aliphatic rings. The first-order chi connectivity index (χ1) is 9.78. The molecule has 5 heteroatoms. The lowest BCUT2D eigenvalue weighted by atomic mass is 10.2. The lowest BCUT2D eigenvalue weighted by Crippen LogP contribution is -2.02. The predicted octanol–water partition coefficient (Wildman–Crippen LogP) is 3.85. The molecule has 0 aliphatic heterocycles. The molecule has 0 aliphatic carbocycles.